The molecule has 3 unspecified atom stereocenters. The molecule has 3 atom stereocenters. The van der Waals surface area contributed by atoms with Crippen molar-refractivity contribution in [2.75, 3.05) is 6.61 Å². The highest BCUT2D eigenvalue weighted by Gasteiger charge is 2.24. The Morgan fingerprint density at radius 3 is 1.18 bits per heavy atom. The fourth-order valence-corrected chi connectivity index (χ4v) is 8.77. The van der Waals surface area contributed by atoms with Crippen LogP contribution in [0.1, 0.15) is 297 Å². The number of hydrogen-bond donors (Lipinski definition) is 3. The van der Waals surface area contributed by atoms with Gasteiger partial charge in [-0.15, -0.1) is 0 Å². The Morgan fingerprint density at radius 1 is 0.439 bits per heavy atom. The number of aliphatic hydroxyl groups excluding tert-OH is 2. The van der Waals surface area contributed by atoms with E-state index in [1.165, 1.54) is 173 Å². The molecule has 0 aliphatic heterocycles. The fourth-order valence-electron chi connectivity index (χ4n) is 8.77. The Hall–Kier alpha value is -2.18. The molecule has 0 aromatic heterocycles. The van der Waals surface area contributed by atoms with Gasteiger partial charge in [-0.05, 0) is 70.6 Å². The highest BCUT2D eigenvalue weighted by molar-refractivity contribution is 5.77. The third-order valence-corrected chi connectivity index (χ3v) is 13.2. The van der Waals surface area contributed by atoms with Crippen LogP contribution in [0.25, 0.3) is 0 Å². The quantitative estimate of drug-likeness (QED) is 0.0321. The minimum absolute atomic E-state index is 0.0678. The average molecular weight is 927 g/mol. The first kappa shape index (κ1) is 63.8. The Morgan fingerprint density at radius 2 is 0.773 bits per heavy atom. The Bertz CT molecular complexity index is 1130. The second-order valence-electron chi connectivity index (χ2n) is 19.7. The van der Waals surface area contributed by atoms with Crippen molar-refractivity contribution < 1.29 is 24.5 Å². The molecule has 0 saturated heterocycles. The molecule has 0 rings (SSSR count). The van der Waals surface area contributed by atoms with E-state index in [2.05, 4.69) is 74.7 Å². The lowest BCUT2D eigenvalue weighted by Crippen LogP contribution is -2.46. The molecule has 0 heterocycles. The summed E-state index contributed by atoms with van der Waals surface area (Å²) in [6, 6.07) is -0.707. The van der Waals surface area contributed by atoms with E-state index in [4.69, 9.17) is 4.74 Å². The smallest absolute Gasteiger partial charge is 0.306 e. The number of esters is 1. The van der Waals surface area contributed by atoms with E-state index in [-0.39, 0.29) is 24.9 Å². The first-order valence-electron chi connectivity index (χ1n) is 28.9. The van der Waals surface area contributed by atoms with Crippen LogP contribution in [0.5, 0.6) is 0 Å². The molecule has 0 aromatic rings. The van der Waals surface area contributed by atoms with Crippen molar-refractivity contribution in [3.05, 3.63) is 48.6 Å². The lowest BCUT2D eigenvalue weighted by molar-refractivity contribution is -0.151. The lowest BCUT2D eigenvalue weighted by atomic mass is 10.0. The van der Waals surface area contributed by atoms with Crippen LogP contribution in [0.15, 0.2) is 48.6 Å². The molecule has 66 heavy (non-hydrogen) atoms. The molecular formula is C60H111NO5. The molecule has 3 N–H and O–H groups in total. The van der Waals surface area contributed by atoms with Crippen molar-refractivity contribution in [3.8, 4) is 0 Å². The summed E-state index contributed by atoms with van der Waals surface area (Å²) < 4.78 is 5.95. The summed E-state index contributed by atoms with van der Waals surface area (Å²) in [5, 5.41) is 23.9. The van der Waals surface area contributed by atoms with Crippen molar-refractivity contribution in [1.29, 1.82) is 0 Å². The van der Waals surface area contributed by atoms with E-state index in [1.54, 1.807) is 0 Å². The van der Waals surface area contributed by atoms with Gasteiger partial charge in [0.25, 0.3) is 0 Å². The van der Waals surface area contributed by atoms with Crippen molar-refractivity contribution in [2.45, 2.75) is 315 Å². The van der Waals surface area contributed by atoms with E-state index in [0.29, 0.717) is 19.3 Å². The van der Waals surface area contributed by atoms with Crippen LogP contribution in [-0.4, -0.2) is 46.9 Å². The van der Waals surface area contributed by atoms with Gasteiger partial charge in [0.1, 0.15) is 6.10 Å². The summed E-state index contributed by atoms with van der Waals surface area (Å²) in [6.45, 7) is 6.48. The lowest BCUT2D eigenvalue weighted by Gasteiger charge is -2.24. The predicted molar refractivity (Wildman–Crippen MR) is 287 cm³/mol. The number of ether oxygens (including phenoxy) is 1. The van der Waals surface area contributed by atoms with Gasteiger partial charge in [0.15, 0.2) is 0 Å². The van der Waals surface area contributed by atoms with Gasteiger partial charge in [0, 0.05) is 6.42 Å². The van der Waals surface area contributed by atoms with Gasteiger partial charge < -0.3 is 20.3 Å². The molecule has 0 saturated carbocycles. The summed E-state index contributed by atoms with van der Waals surface area (Å²) in [5.41, 5.74) is 0. The second kappa shape index (κ2) is 53.8. The number of allylic oxidation sites excluding steroid dienone is 8. The van der Waals surface area contributed by atoms with E-state index >= 15 is 0 Å². The number of rotatable bonds is 52. The molecule has 0 aliphatic rings. The number of aliphatic hydroxyl groups is 2. The van der Waals surface area contributed by atoms with E-state index in [0.717, 1.165) is 77.0 Å². The standard InChI is InChI=1S/C60H111NO5/c1-4-7-10-13-16-19-22-25-27-28-29-30-32-35-38-41-44-47-50-53-60(65)66-56(51-48-45-42-39-36-34-31-26-23-20-17-14-11-8-5-2)54-59(64)61-57(55-62)58(63)52-49-46-43-40-37-33-24-21-18-15-12-9-6-3/h16,19,25,27,29-30,35,38,56-58,62-63H,4-15,17-18,20-24,26,28,31-34,36-37,39-55H2,1-3H3,(H,61,64)/b19-16-,27-25-,30-29-,38-35-. The molecule has 386 valence electrons. The zero-order chi connectivity index (χ0) is 48.1. The molecule has 1 amide bonds. The Balaban J connectivity index is 4.60. The van der Waals surface area contributed by atoms with Crippen LogP contribution in [-0.2, 0) is 14.3 Å². The van der Waals surface area contributed by atoms with Crippen molar-refractivity contribution >= 4 is 11.9 Å². The van der Waals surface area contributed by atoms with Gasteiger partial charge in [0.2, 0.25) is 5.91 Å². The van der Waals surface area contributed by atoms with Gasteiger partial charge in [-0.25, -0.2) is 0 Å². The first-order chi connectivity index (χ1) is 32.5. The fraction of sp³-hybridized carbons (Fsp3) is 0.833. The van der Waals surface area contributed by atoms with Crippen LogP contribution in [0.3, 0.4) is 0 Å². The maximum Gasteiger partial charge on any atom is 0.306 e. The van der Waals surface area contributed by atoms with E-state index in [9.17, 15) is 19.8 Å². The van der Waals surface area contributed by atoms with Crippen LogP contribution < -0.4 is 5.32 Å². The number of carbonyl (C=O) groups excluding carboxylic acids is 2. The summed E-state index contributed by atoms with van der Waals surface area (Å²) in [5.74, 6) is -0.496. The number of amides is 1. The third-order valence-electron chi connectivity index (χ3n) is 13.2. The van der Waals surface area contributed by atoms with Crippen LogP contribution in [0, 0.1) is 0 Å². The zero-order valence-corrected chi connectivity index (χ0v) is 44.1. The predicted octanol–water partition coefficient (Wildman–Crippen LogP) is 17.8. The van der Waals surface area contributed by atoms with Crippen LogP contribution in [0.2, 0.25) is 0 Å². The second-order valence-corrected chi connectivity index (χ2v) is 19.7. The number of nitrogens with one attached hydrogen (secondary N) is 1. The molecule has 0 spiro atoms. The number of hydrogen-bond acceptors (Lipinski definition) is 5. The molecule has 0 fully saturated rings. The summed E-state index contributed by atoms with van der Waals surface area (Å²) in [6.07, 6.45) is 66.0. The maximum absolute atomic E-state index is 13.3. The minimum atomic E-state index is -0.792. The zero-order valence-electron chi connectivity index (χ0n) is 44.1. The van der Waals surface area contributed by atoms with Crippen molar-refractivity contribution in [3.63, 3.8) is 0 Å². The normalized spacial score (nSPS) is 13.5. The summed E-state index contributed by atoms with van der Waals surface area (Å²) >= 11 is 0. The SMILES string of the molecule is CCCCC/C=C\C/C=C\C/C=C\C/C=C\CCCCCC(=O)OC(CCCCCCCCCCCCCCCCC)CC(=O)NC(CO)C(O)CCCCCCCCCCCCCCC. The summed E-state index contributed by atoms with van der Waals surface area (Å²) in [7, 11) is 0. The summed E-state index contributed by atoms with van der Waals surface area (Å²) in [4.78, 5) is 26.3. The first-order valence-corrected chi connectivity index (χ1v) is 28.9. The maximum atomic E-state index is 13.3. The third kappa shape index (κ3) is 48.3. The van der Waals surface area contributed by atoms with Gasteiger partial charge in [-0.3, -0.25) is 9.59 Å². The van der Waals surface area contributed by atoms with Crippen LogP contribution >= 0.6 is 0 Å². The van der Waals surface area contributed by atoms with E-state index < -0.39 is 18.2 Å². The topological polar surface area (TPSA) is 95.9 Å². The minimum Gasteiger partial charge on any atom is -0.462 e. The van der Waals surface area contributed by atoms with Gasteiger partial charge in [-0.1, -0.05) is 262 Å². The van der Waals surface area contributed by atoms with Crippen LogP contribution in [0.4, 0.5) is 0 Å². The highest BCUT2D eigenvalue weighted by atomic mass is 16.5. The Labute approximate surface area is 410 Å². The van der Waals surface area contributed by atoms with Crippen molar-refractivity contribution in [2.24, 2.45) is 0 Å². The number of carbonyl (C=O) groups is 2. The molecular weight excluding hydrogens is 815 g/mol. The average Bonchev–Trinajstić information content (AvgIpc) is 3.31. The molecule has 0 aliphatic carbocycles. The highest BCUT2D eigenvalue weighted by Crippen LogP contribution is 2.18. The van der Waals surface area contributed by atoms with Crippen molar-refractivity contribution in [1.82, 2.24) is 5.32 Å². The molecule has 6 nitrogen and oxygen atoms in total. The van der Waals surface area contributed by atoms with Gasteiger partial charge in [0.05, 0.1) is 25.2 Å². The Kier molecular flexibility index (Phi) is 52.0. The molecule has 0 aromatic carbocycles. The number of unbranched alkanes of at least 4 members (excludes halogenated alkanes) is 32. The molecule has 0 radical (unpaired) electrons. The molecule has 6 heteroatoms. The monoisotopic (exact) mass is 926 g/mol. The van der Waals surface area contributed by atoms with Gasteiger partial charge in [-0.2, -0.15) is 0 Å². The van der Waals surface area contributed by atoms with E-state index in [1.807, 2.05) is 0 Å². The molecule has 0 bridgehead atoms. The largest absolute Gasteiger partial charge is 0.462 e. The van der Waals surface area contributed by atoms with Gasteiger partial charge >= 0.3 is 5.97 Å².